The molecule has 31 heavy (non-hydrogen) atoms. The van der Waals surface area contributed by atoms with Crippen LogP contribution in [0.3, 0.4) is 0 Å². The fourth-order valence-corrected chi connectivity index (χ4v) is 5.39. The van der Waals surface area contributed by atoms with Crippen LogP contribution in [0.15, 0.2) is 41.3 Å². The van der Waals surface area contributed by atoms with Crippen molar-refractivity contribution in [2.24, 2.45) is 0 Å². The van der Waals surface area contributed by atoms with E-state index in [-0.39, 0.29) is 16.8 Å². The van der Waals surface area contributed by atoms with Crippen LogP contribution < -0.4 is 10.1 Å². The number of sulfonamides is 1. The van der Waals surface area contributed by atoms with E-state index in [1.165, 1.54) is 10.4 Å². The van der Waals surface area contributed by atoms with E-state index in [0.717, 1.165) is 16.9 Å². The van der Waals surface area contributed by atoms with Gasteiger partial charge >= 0.3 is 0 Å². The second kappa shape index (κ2) is 9.80. The summed E-state index contributed by atoms with van der Waals surface area (Å²) in [5.41, 5.74) is 2.89. The van der Waals surface area contributed by atoms with Gasteiger partial charge in [0.15, 0.2) is 0 Å². The largest absolute Gasteiger partial charge is 0.496 e. The second-order valence-corrected chi connectivity index (χ2v) is 9.57. The molecule has 1 atom stereocenters. The highest BCUT2D eigenvalue weighted by Gasteiger charge is 2.28. The molecule has 0 saturated carbocycles. The number of carbonyl (C=O) groups excluding carboxylic acids is 1. The highest BCUT2D eigenvalue weighted by atomic mass is 32.2. The maximum absolute atomic E-state index is 13.1. The second-order valence-electron chi connectivity index (χ2n) is 7.66. The van der Waals surface area contributed by atoms with Crippen LogP contribution >= 0.6 is 0 Å². The number of morpholine rings is 1. The average Bonchev–Trinajstić information content (AvgIpc) is 2.78. The Bertz CT molecular complexity index is 1050. The molecule has 2 aromatic carbocycles. The highest BCUT2D eigenvalue weighted by Crippen LogP contribution is 2.26. The van der Waals surface area contributed by atoms with Crippen LogP contribution in [0.4, 0.5) is 0 Å². The first-order valence-corrected chi connectivity index (χ1v) is 11.9. The van der Waals surface area contributed by atoms with Crippen molar-refractivity contribution in [2.75, 3.05) is 33.4 Å². The summed E-state index contributed by atoms with van der Waals surface area (Å²) in [5.74, 6) is 0.486. The topological polar surface area (TPSA) is 84.9 Å². The molecular formula is C23H30N2O5S. The highest BCUT2D eigenvalue weighted by molar-refractivity contribution is 7.89. The van der Waals surface area contributed by atoms with E-state index < -0.39 is 10.0 Å². The lowest BCUT2D eigenvalue weighted by Crippen LogP contribution is -2.41. The Kier molecular flexibility index (Phi) is 7.35. The minimum atomic E-state index is -3.69. The Morgan fingerprint density at radius 3 is 2.45 bits per heavy atom. The molecule has 0 spiro atoms. The van der Waals surface area contributed by atoms with Gasteiger partial charge in [-0.25, -0.2) is 8.42 Å². The van der Waals surface area contributed by atoms with Crippen molar-refractivity contribution in [3.63, 3.8) is 0 Å². The molecule has 1 aliphatic heterocycles. The number of rotatable bonds is 7. The van der Waals surface area contributed by atoms with Crippen molar-refractivity contribution in [3.8, 4) is 5.75 Å². The van der Waals surface area contributed by atoms with Crippen molar-refractivity contribution >= 4 is 15.9 Å². The number of methoxy groups -OCH3 is 1. The van der Waals surface area contributed by atoms with Crippen molar-refractivity contribution < 1.29 is 22.7 Å². The monoisotopic (exact) mass is 446 g/mol. The van der Waals surface area contributed by atoms with E-state index in [0.29, 0.717) is 43.9 Å². The molecule has 7 nitrogen and oxygen atoms in total. The lowest BCUT2D eigenvalue weighted by molar-refractivity contribution is 0.0730. The molecule has 1 heterocycles. The van der Waals surface area contributed by atoms with E-state index in [2.05, 4.69) is 5.32 Å². The normalized spacial score (nSPS) is 16.0. The van der Waals surface area contributed by atoms with E-state index in [9.17, 15) is 13.2 Å². The van der Waals surface area contributed by atoms with Gasteiger partial charge in [-0.3, -0.25) is 4.79 Å². The summed E-state index contributed by atoms with van der Waals surface area (Å²) in [6.45, 7) is 7.06. The summed E-state index contributed by atoms with van der Waals surface area (Å²) in [5, 5.41) is 3.03. The molecule has 0 unspecified atom stereocenters. The predicted molar refractivity (Wildman–Crippen MR) is 119 cm³/mol. The van der Waals surface area contributed by atoms with Gasteiger partial charge in [0.2, 0.25) is 10.0 Å². The average molecular weight is 447 g/mol. The van der Waals surface area contributed by atoms with Gasteiger partial charge in [0.1, 0.15) is 5.75 Å². The quantitative estimate of drug-likeness (QED) is 0.706. The molecule has 1 amide bonds. The molecule has 1 aliphatic rings. The summed E-state index contributed by atoms with van der Waals surface area (Å²) in [4.78, 5) is 13.2. The predicted octanol–water partition coefficient (Wildman–Crippen LogP) is 3.21. The molecule has 0 bridgehead atoms. The molecule has 1 fully saturated rings. The summed E-state index contributed by atoms with van der Waals surface area (Å²) in [6.07, 6.45) is 0.697. The van der Waals surface area contributed by atoms with Crippen LogP contribution in [0, 0.1) is 13.8 Å². The number of ether oxygens (including phenoxy) is 2. The molecule has 8 heteroatoms. The zero-order valence-electron chi connectivity index (χ0n) is 18.5. The molecule has 0 aliphatic carbocycles. The van der Waals surface area contributed by atoms with E-state index in [1.54, 1.807) is 26.2 Å². The van der Waals surface area contributed by atoms with Crippen molar-refractivity contribution in [1.29, 1.82) is 0 Å². The molecule has 2 aromatic rings. The Morgan fingerprint density at radius 1 is 1.13 bits per heavy atom. The molecule has 0 aromatic heterocycles. The van der Waals surface area contributed by atoms with E-state index >= 15 is 0 Å². The van der Waals surface area contributed by atoms with Crippen LogP contribution in [-0.4, -0.2) is 52.0 Å². The summed E-state index contributed by atoms with van der Waals surface area (Å²) < 4.78 is 38.2. The number of aryl methyl sites for hydroxylation is 2. The number of amides is 1. The molecule has 1 N–H and O–H groups in total. The standard InChI is InChI=1S/C23H30N2O5S/c1-5-20(18-8-9-21(29-4)17(3)14-18)24-23(26)19-7-6-16(2)22(15-19)31(27,28)25-10-12-30-13-11-25/h6-9,14-15,20H,5,10-13H2,1-4H3,(H,24,26)/t20-/m1/s1. The number of carbonyl (C=O) groups is 1. The maximum atomic E-state index is 13.1. The fourth-order valence-electron chi connectivity index (χ4n) is 3.73. The van der Waals surface area contributed by atoms with Crippen LogP contribution in [0.2, 0.25) is 0 Å². The molecule has 1 saturated heterocycles. The van der Waals surface area contributed by atoms with Gasteiger partial charge in [0.05, 0.1) is 31.3 Å². The van der Waals surface area contributed by atoms with Gasteiger partial charge in [-0.15, -0.1) is 0 Å². The summed E-state index contributed by atoms with van der Waals surface area (Å²) >= 11 is 0. The third kappa shape index (κ3) is 5.08. The van der Waals surface area contributed by atoms with Gasteiger partial charge in [-0.1, -0.05) is 25.1 Å². The number of nitrogens with zero attached hydrogens (tertiary/aromatic N) is 1. The Labute approximate surface area is 184 Å². The first-order chi connectivity index (χ1) is 14.8. The molecule has 3 rings (SSSR count). The van der Waals surface area contributed by atoms with Crippen LogP contribution in [0.25, 0.3) is 0 Å². The fraction of sp³-hybridized carbons (Fsp3) is 0.435. The van der Waals surface area contributed by atoms with E-state index in [4.69, 9.17) is 9.47 Å². The number of hydrogen-bond donors (Lipinski definition) is 1. The lowest BCUT2D eigenvalue weighted by Gasteiger charge is -2.27. The summed E-state index contributed by atoms with van der Waals surface area (Å²) in [7, 11) is -2.06. The van der Waals surface area contributed by atoms with Gasteiger partial charge in [-0.05, 0) is 55.2 Å². The van der Waals surface area contributed by atoms with Gasteiger partial charge in [0, 0.05) is 18.7 Å². The zero-order chi connectivity index (χ0) is 22.6. The first-order valence-electron chi connectivity index (χ1n) is 10.4. The Hall–Kier alpha value is -2.42. The van der Waals surface area contributed by atoms with Crippen molar-refractivity contribution in [3.05, 3.63) is 58.7 Å². The van der Waals surface area contributed by atoms with Gasteiger partial charge in [0.25, 0.3) is 5.91 Å². The minimum Gasteiger partial charge on any atom is -0.496 e. The number of nitrogens with one attached hydrogen (secondary N) is 1. The Morgan fingerprint density at radius 2 is 1.84 bits per heavy atom. The number of hydrogen-bond acceptors (Lipinski definition) is 5. The lowest BCUT2D eigenvalue weighted by atomic mass is 10.0. The van der Waals surface area contributed by atoms with Crippen LogP contribution in [-0.2, 0) is 14.8 Å². The van der Waals surface area contributed by atoms with Crippen molar-refractivity contribution in [1.82, 2.24) is 9.62 Å². The van der Waals surface area contributed by atoms with Crippen LogP contribution in [0.1, 0.15) is 46.4 Å². The minimum absolute atomic E-state index is 0.162. The summed E-state index contributed by atoms with van der Waals surface area (Å²) in [6, 6.07) is 10.4. The SMILES string of the molecule is CC[C@@H](NC(=O)c1ccc(C)c(S(=O)(=O)N2CCOCC2)c1)c1ccc(OC)c(C)c1. The third-order valence-corrected chi connectivity index (χ3v) is 7.61. The molecule has 0 radical (unpaired) electrons. The van der Waals surface area contributed by atoms with Gasteiger partial charge < -0.3 is 14.8 Å². The Balaban J connectivity index is 1.84. The first kappa shape index (κ1) is 23.2. The zero-order valence-corrected chi connectivity index (χ0v) is 19.3. The molecule has 168 valence electrons. The third-order valence-electron chi connectivity index (χ3n) is 5.57. The van der Waals surface area contributed by atoms with E-state index in [1.807, 2.05) is 32.0 Å². The van der Waals surface area contributed by atoms with Crippen LogP contribution in [0.5, 0.6) is 5.75 Å². The maximum Gasteiger partial charge on any atom is 0.251 e. The smallest absolute Gasteiger partial charge is 0.251 e. The molecular weight excluding hydrogens is 416 g/mol. The number of benzene rings is 2. The van der Waals surface area contributed by atoms with Crippen molar-refractivity contribution in [2.45, 2.75) is 38.1 Å². The van der Waals surface area contributed by atoms with Gasteiger partial charge in [-0.2, -0.15) is 4.31 Å².